The number of hydrogen-bond donors (Lipinski definition) is 0. The van der Waals surface area contributed by atoms with Crippen molar-refractivity contribution in [3.8, 4) is 5.75 Å². The number of fused-ring (bicyclic) bond motifs is 1. The van der Waals surface area contributed by atoms with E-state index in [0.717, 1.165) is 28.9 Å². The summed E-state index contributed by atoms with van der Waals surface area (Å²) in [4.78, 5) is 0. The summed E-state index contributed by atoms with van der Waals surface area (Å²) in [6.07, 6.45) is 0.781. The van der Waals surface area contributed by atoms with Crippen molar-refractivity contribution in [2.75, 3.05) is 6.61 Å². The smallest absolute Gasteiger partial charge is 0.134 e. The molecule has 0 saturated heterocycles. The Morgan fingerprint density at radius 2 is 1.67 bits per heavy atom. The number of hydrogen-bond acceptors (Lipinski definition) is 2. The summed E-state index contributed by atoms with van der Waals surface area (Å²) < 4.78 is 11.4. The van der Waals surface area contributed by atoms with Crippen molar-refractivity contribution >= 4 is 11.0 Å². The van der Waals surface area contributed by atoms with Crippen LogP contribution in [0.1, 0.15) is 5.76 Å². The van der Waals surface area contributed by atoms with Gasteiger partial charge in [0.2, 0.25) is 0 Å². The predicted octanol–water partition coefficient (Wildman–Crippen LogP) is 4.05. The topological polar surface area (TPSA) is 22.4 Å². The molecule has 0 atom stereocenters. The van der Waals surface area contributed by atoms with Gasteiger partial charge in [0.25, 0.3) is 0 Å². The molecule has 3 aromatic rings. The molecule has 90 valence electrons. The summed E-state index contributed by atoms with van der Waals surface area (Å²) in [7, 11) is 0. The minimum Gasteiger partial charge on any atom is -0.493 e. The predicted molar refractivity (Wildman–Crippen MR) is 71.9 cm³/mol. The molecular formula is C16H14O2. The Morgan fingerprint density at radius 1 is 0.889 bits per heavy atom. The molecule has 0 N–H and O–H groups in total. The number of ether oxygens (including phenoxy) is 1. The zero-order chi connectivity index (χ0) is 12.2. The fraction of sp³-hybridized carbons (Fsp3) is 0.125. The Hall–Kier alpha value is -2.22. The monoisotopic (exact) mass is 238 g/mol. The molecule has 0 radical (unpaired) electrons. The Labute approximate surface area is 106 Å². The molecule has 18 heavy (non-hydrogen) atoms. The van der Waals surface area contributed by atoms with E-state index in [-0.39, 0.29) is 0 Å². The third-order valence-electron chi connectivity index (χ3n) is 2.84. The van der Waals surface area contributed by atoms with Gasteiger partial charge in [-0.25, -0.2) is 0 Å². The zero-order valence-electron chi connectivity index (χ0n) is 10.0. The number of benzene rings is 2. The molecule has 0 bridgehead atoms. The van der Waals surface area contributed by atoms with Gasteiger partial charge in [-0.3, -0.25) is 0 Å². The lowest BCUT2D eigenvalue weighted by molar-refractivity contribution is 0.311. The van der Waals surface area contributed by atoms with Gasteiger partial charge in [0.15, 0.2) is 0 Å². The van der Waals surface area contributed by atoms with Crippen LogP contribution >= 0.6 is 0 Å². The molecule has 0 unspecified atom stereocenters. The molecule has 0 aliphatic rings. The molecule has 0 amide bonds. The lowest BCUT2D eigenvalue weighted by Gasteiger charge is -2.03. The van der Waals surface area contributed by atoms with E-state index in [1.807, 2.05) is 48.5 Å². The largest absolute Gasteiger partial charge is 0.493 e. The first-order chi connectivity index (χ1) is 8.92. The van der Waals surface area contributed by atoms with Crippen LogP contribution in [0.25, 0.3) is 11.0 Å². The molecule has 0 fully saturated rings. The fourth-order valence-corrected chi connectivity index (χ4v) is 1.95. The Morgan fingerprint density at radius 3 is 2.50 bits per heavy atom. The highest BCUT2D eigenvalue weighted by molar-refractivity contribution is 5.77. The highest BCUT2D eigenvalue weighted by Gasteiger charge is 2.02. The van der Waals surface area contributed by atoms with Crippen LogP contribution in [0.15, 0.2) is 65.1 Å². The van der Waals surface area contributed by atoms with E-state index in [0.29, 0.717) is 6.61 Å². The van der Waals surface area contributed by atoms with E-state index in [1.54, 1.807) is 0 Å². The molecule has 0 spiro atoms. The Kier molecular flexibility index (Phi) is 3.01. The second kappa shape index (κ2) is 4.96. The molecular weight excluding hydrogens is 224 g/mol. The second-order valence-corrected chi connectivity index (χ2v) is 4.16. The van der Waals surface area contributed by atoms with Crippen molar-refractivity contribution in [3.63, 3.8) is 0 Å². The van der Waals surface area contributed by atoms with E-state index in [9.17, 15) is 0 Å². The third-order valence-corrected chi connectivity index (χ3v) is 2.84. The SMILES string of the molecule is c1ccc(OCCc2cc3ccccc3o2)cc1. The number of furan rings is 1. The molecule has 0 aliphatic carbocycles. The summed E-state index contributed by atoms with van der Waals surface area (Å²) in [6, 6.07) is 19.9. The van der Waals surface area contributed by atoms with Crippen molar-refractivity contribution in [1.29, 1.82) is 0 Å². The van der Waals surface area contributed by atoms with Crippen molar-refractivity contribution in [2.45, 2.75) is 6.42 Å². The van der Waals surface area contributed by atoms with Crippen LogP contribution in [0.2, 0.25) is 0 Å². The molecule has 3 rings (SSSR count). The summed E-state index contributed by atoms with van der Waals surface area (Å²) in [6.45, 7) is 0.629. The number of rotatable bonds is 4. The van der Waals surface area contributed by atoms with Crippen LogP contribution in [0, 0.1) is 0 Å². The minimum atomic E-state index is 0.629. The van der Waals surface area contributed by atoms with E-state index < -0.39 is 0 Å². The maximum absolute atomic E-state index is 5.73. The Balaban J connectivity index is 1.63. The van der Waals surface area contributed by atoms with Crippen LogP contribution in [0.5, 0.6) is 5.75 Å². The molecule has 2 heteroatoms. The van der Waals surface area contributed by atoms with E-state index in [4.69, 9.17) is 9.15 Å². The molecule has 0 saturated carbocycles. The highest BCUT2D eigenvalue weighted by atomic mass is 16.5. The third kappa shape index (κ3) is 2.38. The summed E-state index contributed by atoms with van der Waals surface area (Å²) in [5.74, 6) is 1.86. The molecule has 2 aromatic carbocycles. The first kappa shape index (κ1) is 10.9. The van der Waals surface area contributed by atoms with Crippen LogP contribution in [0.4, 0.5) is 0 Å². The van der Waals surface area contributed by atoms with Crippen LogP contribution in [0.3, 0.4) is 0 Å². The van der Waals surface area contributed by atoms with Crippen molar-refractivity contribution < 1.29 is 9.15 Å². The van der Waals surface area contributed by atoms with Crippen LogP contribution < -0.4 is 4.74 Å². The highest BCUT2D eigenvalue weighted by Crippen LogP contribution is 2.19. The van der Waals surface area contributed by atoms with Gasteiger partial charge in [0.05, 0.1) is 6.61 Å². The van der Waals surface area contributed by atoms with Gasteiger partial charge >= 0.3 is 0 Å². The minimum absolute atomic E-state index is 0.629. The molecule has 2 nitrogen and oxygen atoms in total. The molecule has 1 aromatic heterocycles. The zero-order valence-corrected chi connectivity index (χ0v) is 10.0. The van der Waals surface area contributed by atoms with E-state index in [1.165, 1.54) is 0 Å². The summed E-state index contributed by atoms with van der Waals surface area (Å²) in [5, 5.41) is 1.15. The number of para-hydroxylation sites is 2. The van der Waals surface area contributed by atoms with E-state index in [2.05, 4.69) is 12.1 Å². The van der Waals surface area contributed by atoms with Crippen molar-refractivity contribution in [3.05, 3.63) is 66.4 Å². The van der Waals surface area contributed by atoms with Gasteiger partial charge in [0, 0.05) is 11.8 Å². The van der Waals surface area contributed by atoms with Crippen molar-refractivity contribution in [1.82, 2.24) is 0 Å². The maximum atomic E-state index is 5.73. The standard InChI is InChI=1S/C16H14O2/c1-2-7-14(8-3-1)17-11-10-15-12-13-6-4-5-9-16(13)18-15/h1-9,12H,10-11H2. The van der Waals surface area contributed by atoms with Crippen molar-refractivity contribution in [2.24, 2.45) is 0 Å². The maximum Gasteiger partial charge on any atom is 0.134 e. The summed E-state index contributed by atoms with van der Waals surface area (Å²) in [5.41, 5.74) is 0.937. The van der Waals surface area contributed by atoms with E-state index >= 15 is 0 Å². The van der Waals surface area contributed by atoms with Gasteiger partial charge in [-0.15, -0.1) is 0 Å². The fourth-order valence-electron chi connectivity index (χ4n) is 1.95. The first-order valence-electron chi connectivity index (χ1n) is 6.07. The van der Waals surface area contributed by atoms with Gasteiger partial charge < -0.3 is 9.15 Å². The van der Waals surface area contributed by atoms with Crippen LogP contribution in [-0.4, -0.2) is 6.61 Å². The quantitative estimate of drug-likeness (QED) is 0.684. The Bertz CT molecular complexity index is 593. The summed E-state index contributed by atoms with van der Waals surface area (Å²) >= 11 is 0. The average molecular weight is 238 g/mol. The second-order valence-electron chi connectivity index (χ2n) is 4.16. The lowest BCUT2D eigenvalue weighted by atomic mass is 10.2. The average Bonchev–Trinajstić information content (AvgIpc) is 2.82. The van der Waals surface area contributed by atoms with Gasteiger partial charge in [0.1, 0.15) is 17.1 Å². The lowest BCUT2D eigenvalue weighted by Crippen LogP contribution is -1.99. The normalized spacial score (nSPS) is 10.7. The molecule has 0 aliphatic heterocycles. The van der Waals surface area contributed by atoms with Crippen LogP contribution in [-0.2, 0) is 6.42 Å². The van der Waals surface area contributed by atoms with Gasteiger partial charge in [-0.1, -0.05) is 36.4 Å². The molecule has 1 heterocycles. The van der Waals surface area contributed by atoms with Gasteiger partial charge in [-0.2, -0.15) is 0 Å². The first-order valence-corrected chi connectivity index (χ1v) is 6.07. The van der Waals surface area contributed by atoms with Gasteiger partial charge in [-0.05, 0) is 24.3 Å².